The lowest BCUT2D eigenvalue weighted by Crippen LogP contribution is -2.20. The van der Waals surface area contributed by atoms with Crippen LogP contribution in [0.4, 0.5) is 0 Å². The molecule has 2 nitrogen and oxygen atoms in total. The van der Waals surface area contributed by atoms with Gasteiger partial charge >= 0.3 is 0 Å². The number of ether oxygens (including phenoxy) is 2. The predicted octanol–water partition coefficient (Wildman–Crippen LogP) is 2.20. The molecule has 0 spiro atoms. The van der Waals surface area contributed by atoms with Crippen LogP contribution in [0, 0.1) is 0 Å². The van der Waals surface area contributed by atoms with Crippen molar-refractivity contribution in [2.75, 3.05) is 14.2 Å². The average molecular weight is 192 g/mol. The smallest absolute Gasteiger partial charge is 0.119 e. The van der Waals surface area contributed by atoms with Crippen LogP contribution in [0.25, 0.3) is 0 Å². The SMILES string of the molecule is COc1ccc2c(c1)CC[C@H](OC)C2. The van der Waals surface area contributed by atoms with Crippen molar-refractivity contribution in [1.82, 2.24) is 0 Å². The summed E-state index contributed by atoms with van der Waals surface area (Å²) < 4.78 is 10.6. The number of rotatable bonds is 2. The molecule has 0 aliphatic heterocycles. The molecule has 0 saturated carbocycles. The Morgan fingerprint density at radius 3 is 2.79 bits per heavy atom. The highest BCUT2D eigenvalue weighted by molar-refractivity contribution is 5.37. The molecule has 14 heavy (non-hydrogen) atoms. The highest BCUT2D eigenvalue weighted by Crippen LogP contribution is 2.26. The van der Waals surface area contributed by atoms with Gasteiger partial charge in [0.05, 0.1) is 13.2 Å². The Bertz CT molecular complexity index is 320. The van der Waals surface area contributed by atoms with Crippen molar-refractivity contribution < 1.29 is 9.47 Å². The van der Waals surface area contributed by atoms with Gasteiger partial charge in [-0.3, -0.25) is 0 Å². The Kier molecular flexibility index (Phi) is 2.73. The Morgan fingerprint density at radius 1 is 1.21 bits per heavy atom. The monoisotopic (exact) mass is 192 g/mol. The third kappa shape index (κ3) is 1.75. The van der Waals surface area contributed by atoms with E-state index in [1.54, 1.807) is 14.2 Å². The molecule has 0 unspecified atom stereocenters. The molecule has 0 fully saturated rings. The number of hydrogen-bond acceptors (Lipinski definition) is 2. The topological polar surface area (TPSA) is 18.5 Å². The molecule has 0 saturated heterocycles. The van der Waals surface area contributed by atoms with Gasteiger partial charge in [0.25, 0.3) is 0 Å². The fourth-order valence-electron chi connectivity index (χ4n) is 2.03. The van der Waals surface area contributed by atoms with E-state index in [0.29, 0.717) is 6.10 Å². The van der Waals surface area contributed by atoms with E-state index < -0.39 is 0 Å². The van der Waals surface area contributed by atoms with Gasteiger partial charge in [0.1, 0.15) is 5.75 Å². The van der Waals surface area contributed by atoms with Gasteiger partial charge in [-0.05, 0) is 42.5 Å². The quantitative estimate of drug-likeness (QED) is 0.715. The van der Waals surface area contributed by atoms with Crippen LogP contribution in [0.15, 0.2) is 18.2 Å². The van der Waals surface area contributed by atoms with E-state index in [2.05, 4.69) is 12.1 Å². The van der Waals surface area contributed by atoms with Crippen LogP contribution in [0.3, 0.4) is 0 Å². The first-order valence-corrected chi connectivity index (χ1v) is 5.02. The molecule has 0 heterocycles. The summed E-state index contributed by atoms with van der Waals surface area (Å²) in [7, 11) is 3.50. The zero-order valence-electron chi connectivity index (χ0n) is 8.75. The van der Waals surface area contributed by atoms with Crippen molar-refractivity contribution in [3.63, 3.8) is 0 Å². The molecule has 1 aromatic carbocycles. The highest BCUT2D eigenvalue weighted by atomic mass is 16.5. The zero-order valence-corrected chi connectivity index (χ0v) is 8.75. The summed E-state index contributed by atoms with van der Waals surface area (Å²) >= 11 is 0. The summed E-state index contributed by atoms with van der Waals surface area (Å²) in [4.78, 5) is 0. The van der Waals surface area contributed by atoms with E-state index in [9.17, 15) is 0 Å². The van der Waals surface area contributed by atoms with Gasteiger partial charge in [-0.1, -0.05) is 6.07 Å². The van der Waals surface area contributed by atoms with Crippen LogP contribution < -0.4 is 4.74 Å². The summed E-state index contributed by atoms with van der Waals surface area (Å²) in [5.74, 6) is 0.958. The molecule has 1 atom stereocenters. The first-order chi connectivity index (χ1) is 6.83. The van der Waals surface area contributed by atoms with E-state index in [0.717, 1.165) is 25.0 Å². The number of benzene rings is 1. The number of hydrogen-bond donors (Lipinski definition) is 0. The third-order valence-corrected chi connectivity index (χ3v) is 2.93. The molecule has 76 valence electrons. The summed E-state index contributed by atoms with van der Waals surface area (Å²) in [6, 6.07) is 6.32. The summed E-state index contributed by atoms with van der Waals surface area (Å²) in [5, 5.41) is 0. The predicted molar refractivity (Wildman–Crippen MR) is 55.8 cm³/mol. The molecule has 0 amide bonds. The fraction of sp³-hybridized carbons (Fsp3) is 0.500. The maximum Gasteiger partial charge on any atom is 0.119 e. The van der Waals surface area contributed by atoms with Crippen molar-refractivity contribution in [2.24, 2.45) is 0 Å². The molecular formula is C12H16O2. The van der Waals surface area contributed by atoms with Gasteiger partial charge in [0, 0.05) is 7.11 Å². The largest absolute Gasteiger partial charge is 0.497 e. The van der Waals surface area contributed by atoms with Gasteiger partial charge in [-0.15, -0.1) is 0 Å². The normalized spacial score (nSPS) is 20.3. The highest BCUT2D eigenvalue weighted by Gasteiger charge is 2.18. The number of fused-ring (bicyclic) bond motifs is 1. The summed E-state index contributed by atoms with van der Waals surface area (Å²) in [5.41, 5.74) is 2.82. The first-order valence-electron chi connectivity index (χ1n) is 5.02. The minimum atomic E-state index is 0.399. The van der Waals surface area contributed by atoms with Gasteiger partial charge in [-0.2, -0.15) is 0 Å². The van der Waals surface area contributed by atoms with E-state index >= 15 is 0 Å². The van der Waals surface area contributed by atoms with Crippen LogP contribution in [-0.2, 0) is 17.6 Å². The third-order valence-electron chi connectivity index (χ3n) is 2.93. The van der Waals surface area contributed by atoms with Crippen LogP contribution >= 0.6 is 0 Å². The van der Waals surface area contributed by atoms with Gasteiger partial charge in [0.2, 0.25) is 0 Å². The van der Waals surface area contributed by atoms with Crippen molar-refractivity contribution in [1.29, 1.82) is 0 Å². The molecular weight excluding hydrogens is 176 g/mol. The zero-order chi connectivity index (χ0) is 9.97. The van der Waals surface area contributed by atoms with E-state index in [1.165, 1.54) is 11.1 Å². The second-order valence-corrected chi connectivity index (χ2v) is 3.74. The van der Waals surface area contributed by atoms with Gasteiger partial charge in [0.15, 0.2) is 0 Å². The minimum Gasteiger partial charge on any atom is -0.497 e. The molecule has 1 aliphatic rings. The van der Waals surface area contributed by atoms with E-state index in [4.69, 9.17) is 9.47 Å². The van der Waals surface area contributed by atoms with Crippen LogP contribution in [-0.4, -0.2) is 20.3 Å². The molecule has 2 rings (SSSR count). The van der Waals surface area contributed by atoms with E-state index in [1.807, 2.05) is 6.07 Å². The molecule has 0 radical (unpaired) electrons. The van der Waals surface area contributed by atoms with Gasteiger partial charge in [-0.25, -0.2) is 0 Å². The Balaban J connectivity index is 2.23. The Morgan fingerprint density at radius 2 is 2.07 bits per heavy atom. The lowest BCUT2D eigenvalue weighted by molar-refractivity contribution is 0.0910. The van der Waals surface area contributed by atoms with Crippen molar-refractivity contribution in [3.05, 3.63) is 29.3 Å². The molecule has 0 N–H and O–H groups in total. The molecule has 2 heteroatoms. The number of methoxy groups -OCH3 is 2. The second-order valence-electron chi connectivity index (χ2n) is 3.74. The number of aryl methyl sites for hydroxylation is 1. The molecule has 0 bridgehead atoms. The maximum absolute atomic E-state index is 5.37. The maximum atomic E-state index is 5.37. The van der Waals surface area contributed by atoms with Crippen LogP contribution in [0.5, 0.6) is 5.75 Å². The minimum absolute atomic E-state index is 0.399. The van der Waals surface area contributed by atoms with Gasteiger partial charge < -0.3 is 9.47 Å². The summed E-state index contributed by atoms with van der Waals surface area (Å²) in [6.07, 6.45) is 3.66. The van der Waals surface area contributed by atoms with Crippen LogP contribution in [0.1, 0.15) is 17.5 Å². The van der Waals surface area contributed by atoms with Crippen LogP contribution in [0.2, 0.25) is 0 Å². The molecule has 1 aromatic rings. The fourth-order valence-corrected chi connectivity index (χ4v) is 2.03. The lowest BCUT2D eigenvalue weighted by atomic mass is 9.89. The second kappa shape index (κ2) is 4.01. The molecule has 0 aromatic heterocycles. The van der Waals surface area contributed by atoms with E-state index in [-0.39, 0.29) is 0 Å². The van der Waals surface area contributed by atoms with Crippen molar-refractivity contribution in [3.8, 4) is 5.75 Å². The summed E-state index contributed by atoms with van der Waals surface area (Å²) in [6.45, 7) is 0. The standard InChI is InChI=1S/C12H16O2/c1-13-11-5-3-10-8-12(14-2)6-4-9(10)7-11/h3,5,7,12H,4,6,8H2,1-2H3/t12-/m0/s1. The average Bonchev–Trinajstić information content (AvgIpc) is 2.27. The first kappa shape index (κ1) is 9.53. The Labute approximate surface area is 84.8 Å². The van der Waals surface area contributed by atoms with Crippen molar-refractivity contribution >= 4 is 0 Å². The van der Waals surface area contributed by atoms with Crippen molar-refractivity contribution in [2.45, 2.75) is 25.4 Å². The lowest BCUT2D eigenvalue weighted by Gasteiger charge is -2.23. The Hall–Kier alpha value is -1.02. The molecule has 1 aliphatic carbocycles.